The lowest BCUT2D eigenvalue weighted by Crippen LogP contribution is -2.29. The van der Waals surface area contributed by atoms with Gasteiger partial charge in [0.05, 0.1) is 17.8 Å². The smallest absolute Gasteiger partial charge is 0.250 e. The van der Waals surface area contributed by atoms with Crippen LogP contribution < -0.4 is 15.5 Å². The summed E-state index contributed by atoms with van der Waals surface area (Å²) < 4.78 is 7.21. The van der Waals surface area contributed by atoms with Gasteiger partial charge in [0.1, 0.15) is 6.61 Å². The number of pyridine rings is 1. The Balaban J connectivity index is 1.63. The van der Waals surface area contributed by atoms with Gasteiger partial charge in [0.15, 0.2) is 5.11 Å². The molecule has 40 heavy (non-hydrogen) atoms. The van der Waals surface area contributed by atoms with Crippen molar-refractivity contribution in [1.82, 2.24) is 14.9 Å². The van der Waals surface area contributed by atoms with Crippen molar-refractivity contribution < 1.29 is 9.53 Å². The lowest BCUT2D eigenvalue weighted by Gasteiger charge is -2.29. The third-order valence-electron chi connectivity index (χ3n) is 7.34. The van der Waals surface area contributed by atoms with E-state index in [0.29, 0.717) is 10.1 Å². The molecule has 1 amide bonds. The summed E-state index contributed by atoms with van der Waals surface area (Å²) in [5.41, 5.74) is 9.01. The number of benzene rings is 2. The minimum absolute atomic E-state index is 0.00311. The third-order valence-corrected chi connectivity index (χ3v) is 7.89. The molecule has 1 aliphatic rings. The highest BCUT2D eigenvalue weighted by Gasteiger charge is 2.42. The first-order valence-corrected chi connectivity index (χ1v) is 13.8. The molecule has 2 aromatic carbocycles. The highest BCUT2D eigenvalue weighted by atomic mass is 35.5. The molecule has 0 unspecified atom stereocenters. The molecular formula is C31H32ClN5O2S. The molecule has 0 radical (unpaired) electrons. The Labute approximate surface area is 245 Å². The molecule has 1 aliphatic heterocycles. The van der Waals surface area contributed by atoms with E-state index in [1.54, 1.807) is 6.20 Å². The van der Waals surface area contributed by atoms with E-state index in [2.05, 4.69) is 46.9 Å². The third kappa shape index (κ3) is 5.22. The van der Waals surface area contributed by atoms with Gasteiger partial charge >= 0.3 is 0 Å². The van der Waals surface area contributed by atoms with E-state index in [0.717, 1.165) is 50.8 Å². The molecule has 1 fully saturated rings. The van der Waals surface area contributed by atoms with Crippen molar-refractivity contribution in [2.45, 2.75) is 39.8 Å². The first-order valence-electron chi connectivity index (χ1n) is 13.0. The number of methoxy groups -OCH3 is 1. The maximum absolute atomic E-state index is 12.1. The van der Waals surface area contributed by atoms with E-state index in [-0.39, 0.29) is 24.6 Å². The summed E-state index contributed by atoms with van der Waals surface area (Å²) in [4.78, 5) is 19.0. The van der Waals surface area contributed by atoms with Crippen molar-refractivity contribution in [1.29, 1.82) is 0 Å². The number of nitrogens with zero attached hydrogens (tertiary/aromatic N) is 3. The van der Waals surface area contributed by atoms with Crippen molar-refractivity contribution in [3.05, 3.63) is 106 Å². The molecule has 2 N–H and O–H groups in total. The number of halogens is 1. The quantitative estimate of drug-likeness (QED) is 0.245. The SMILES string of the molecule is COCC(=O)Nc1ccc(N2C(=S)N[C@@H](c3ccccn3)[C@H]2c2cc(C)n(-c3cc(Cl)ccc3C)c2C)cc1C. The molecule has 4 aromatic rings. The number of hydrogen-bond acceptors (Lipinski definition) is 4. The van der Waals surface area contributed by atoms with E-state index < -0.39 is 0 Å². The van der Waals surface area contributed by atoms with Gasteiger partial charge < -0.3 is 24.8 Å². The normalized spacial score (nSPS) is 16.8. The number of rotatable bonds is 7. The molecule has 0 spiro atoms. The molecule has 206 valence electrons. The summed E-state index contributed by atoms with van der Waals surface area (Å²) in [5, 5.41) is 7.76. The minimum Gasteiger partial charge on any atom is -0.375 e. The second-order valence-corrected chi connectivity index (χ2v) is 10.9. The van der Waals surface area contributed by atoms with Crippen LogP contribution in [0, 0.1) is 27.7 Å². The van der Waals surface area contributed by atoms with Crippen molar-refractivity contribution in [2.24, 2.45) is 0 Å². The molecule has 7 nitrogen and oxygen atoms in total. The van der Waals surface area contributed by atoms with Crippen LogP contribution in [0.4, 0.5) is 11.4 Å². The molecule has 1 saturated heterocycles. The average molecular weight is 574 g/mol. The van der Waals surface area contributed by atoms with E-state index in [9.17, 15) is 4.79 Å². The fourth-order valence-corrected chi connectivity index (χ4v) is 6.00. The van der Waals surface area contributed by atoms with Crippen molar-refractivity contribution in [2.75, 3.05) is 23.9 Å². The highest BCUT2D eigenvalue weighted by Crippen LogP contribution is 2.44. The predicted octanol–water partition coefficient (Wildman–Crippen LogP) is 6.52. The Bertz CT molecular complexity index is 1590. The number of carbonyl (C=O) groups is 1. The number of aryl methyl sites for hydroxylation is 3. The Morgan fingerprint density at radius 1 is 1.07 bits per heavy atom. The Morgan fingerprint density at radius 2 is 1.88 bits per heavy atom. The monoisotopic (exact) mass is 573 g/mol. The van der Waals surface area contributed by atoms with Crippen LogP contribution in [-0.2, 0) is 9.53 Å². The molecule has 9 heteroatoms. The molecule has 0 aliphatic carbocycles. The molecule has 0 saturated carbocycles. The van der Waals surface area contributed by atoms with E-state index in [1.807, 2.05) is 61.5 Å². The van der Waals surface area contributed by atoms with Crippen LogP contribution in [0.1, 0.15) is 45.9 Å². The summed E-state index contributed by atoms with van der Waals surface area (Å²) in [5.74, 6) is -0.200. The van der Waals surface area contributed by atoms with Crippen LogP contribution in [0.2, 0.25) is 5.02 Å². The summed E-state index contributed by atoms with van der Waals surface area (Å²) in [6.45, 7) is 8.31. The van der Waals surface area contributed by atoms with Crippen molar-refractivity contribution in [3.63, 3.8) is 0 Å². The van der Waals surface area contributed by atoms with E-state index in [1.165, 1.54) is 7.11 Å². The maximum Gasteiger partial charge on any atom is 0.250 e. The fourth-order valence-electron chi connectivity index (χ4n) is 5.49. The minimum atomic E-state index is -0.200. The zero-order chi connectivity index (χ0) is 28.6. The standard InChI is InChI=1S/C31H32ClN5O2S/c1-18-9-10-22(32)16-27(18)36-20(3)15-24(21(36)4)30-29(26-8-6-7-13-33-26)35-31(40)37(30)23-11-12-25(19(2)14-23)34-28(38)17-39-5/h6-16,29-30H,17H2,1-5H3,(H,34,38)(H,35,40)/t29-,30+/m0/s1. The van der Waals surface area contributed by atoms with Gasteiger partial charge in [-0.05, 0) is 105 Å². The maximum atomic E-state index is 12.1. The van der Waals surface area contributed by atoms with Gasteiger partial charge in [0.2, 0.25) is 5.91 Å². The highest BCUT2D eigenvalue weighted by molar-refractivity contribution is 7.80. The van der Waals surface area contributed by atoms with Crippen LogP contribution in [0.5, 0.6) is 0 Å². The second-order valence-electron chi connectivity index (χ2n) is 10.1. The van der Waals surface area contributed by atoms with Gasteiger partial charge in [0, 0.05) is 46.8 Å². The molecule has 2 atom stereocenters. The van der Waals surface area contributed by atoms with E-state index in [4.69, 9.17) is 33.5 Å². The van der Waals surface area contributed by atoms with Gasteiger partial charge in [-0.1, -0.05) is 23.7 Å². The van der Waals surface area contributed by atoms with Crippen LogP contribution >= 0.6 is 23.8 Å². The number of anilines is 2. The van der Waals surface area contributed by atoms with E-state index >= 15 is 0 Å². The fraction of sp³-hybridized carbons (Fsp3) is 0.258. The number of ether oxygens (including phenoxy) is 1. The molecule has 0 bridgehead atoms. The van der Waals surface area contributed by atoms with Crippen LogP contribution in [0.15, 0.2) is 66.9 Å². The number of nitrogens with one attached hydrogen (secondary N) is 2. The zero-order valence-electron chi connectivity index (χ0n) is 23.2. The number of thiocarbonyl (C=S) groups is 1. The van der Waals surface area contributed by atoms with Gasteiger partial charge in [-0.2, -0.15) is 0 Å². The van der Waals surface area contributed by atoms with Crippen LogP contribution in [-0.4, -0.2) is 34.3 Å². The summed E-state index contributed by atoms with van der Waals surface area (Å²) in [7, 11) is 1.50. The molecule has 2 aromatic heterocycles. The largest absolute Gasteiger partial charge is 0.375 e. The topological polar surface area (TPSA) is 71.4 Å². The van der Waals surface area contributed by atoms with Crippen LogP contribution in [0.25, 0.3) is 5.69 Å². The van der Waals surface area contributed by atoms with Crippen molar-refractivity contribution >= 4 is 46.2 Å². The van der Waals surface area contributed by atoms with Gasteiger partial charge in [-0.25, -0.2) is 0 Å². The zero-order valence-corrected chi connectivity index (χ0v) is 24.7. The number of amides is 1. The lowest BCUT2D eigenvalue weighted by atomic mass is 9.96. The Morgan fingerprint density at radius 3 is 2.58 bits per heavy atom. The Kier molecular flexibility index (Phi) is 7.94. The van der Waals surface area contributed by atoms with Gasteiger partial charge in [-0.15, -0.1) is 0 Å². The predicted molar refractivity (Wildman–Crippen MR) is 165 cm³/mol. The summed E-state index contributed by atoms with van der Waals surface area (Å²) >= 11 is 12.4. The second kappa shape index (κ2) is 11.4. The summed E-state index contributed by atoms with van der Waals surface area (Å²) in [6.07, 6.45) is 1.81. The first-order chi connectivity index (χ1) is 19.2. The molecule has 5 rings (SSSR count). The van der Waals surface area contributed by atoms with Crippen molar-refractivity contribution in [3.8, 4) is 5.69 Å². The first kappa shape index (κ1) is 27.8. The van der Waals surface area contributed by atoms with Crippen LogP contribution in [0.3, 0.4) is 0 Å². The average Bonchev–Trinajstić information content (AvgIpc) is 3.42. The number of carbonyl (C=O) groups excluding carboxylic acids is 1. The lowest BCUT2D eigenvalue weighted by molar-refractivity contribution is -0.119. The Hall–Kier alpha value is -3.72. The summed E-state index contributed by atoms with van der Waals surface area (Å²) in [6, 6.07) is 19.7. The van der Waals surface area contributed by atoms with Gasteiger partial charge in [-0.3, -0.25) is 9.78 Å². The number of hydrogen-bond donors (Lipinski definition) is 2. The molecular weight excluding hydrogens is 542 g/mol. The number of aromatic nitrogens is 2. The van der Waals surface area contributed by atoms with Gasteiger partial charge in [0.25, 0.3) is 0 Å². The molecule has 3 heterocycles.